The maximum absolute atomic E-state index is 12.6. The molecule has 1 saturated carbocycles. The van der Waals surface area contributed by atoms with Gasteiger partial charge in [0.05, 0.1) is 12.3 Å². The van der Waals surface area contributed by atoms with Gasteiger partial charge in [-0.1, -0.05) is 31.4 Å². The van der Waals surface area contributed by atoms with Crippen LogP contribution in [0.3, 0.4) is 0 Å². The summed E-state index contributed by atoms with van der Waals surface area (Å²) in [5.41, 5.74) is 2.61. The van der Waals surface area contributed by atoms with E-state index in [1.54, 1.807) is 4.90 Å². The molecule has 0 atom stereocenters. The van der Waals surface area contributed by atoms with E-state index >= 15 is 0 Å². The van der Waals surface area contributed by atoms with Crippen LogP contribution in [0.1, 0.15) is 50.5 Å². The first kappa shape index (κ1) is 22.2. The van der Waals surface area contributed by atoms with Gasteiger partial charge in [0.15, 0.2) is 6.61 Å². The molecular formula is C26H32N2O4. The number of unbranched alkanes of at least 4 members (excludes halogenated alkanes) is 1. The first-order chi connectivity index (χ1) is 15.6. The van der Waals surface area contributed by atoms with Crippen LogP contribution in [-0.4, -0.2) is 31.6 Å². The summed E-state index contributed by atoms with van der Waals surface area (Å²) in [6, 6.07) is 13.5. The summed E-state index contributed by atoms with van der Waals surface area (Å²) in [5, 5.41) is 3.04. The smallest absolute Gasteiger partial charge is 0.265 e. The number of nitrogens with zero attached hydrogens (tertiary/aromatic N) is 1. The van der Waals surface area contributed by atoms with Crippen molar-refractivity contribution in [2.75, 3.05) is 30.0 Å². The fourth-order valence-electron chi connectivity index (χ4n) is 4.40. The zero-order valence-corrected chi connectivity index (χ0v) is 18.8. The monoisotopic (exact) mass is 436 g/mol. The van der Waals surface area contributed by atoms with Crippen molar-refractivity contribution >= 4 is 23.2 Å². The molecule has 2 aromatic rings. The summed E-state index contributed by atoms with van der Waals surface area (Å²) in [6.45, 7) is 3.28. The molecule has 1 heterocycles. The van der Waals surface area contributed by atoms with Gasteiger partial charge < -0.3 is 19.7 Å². The Bertz CT molecular complexity index is 953. The van der Waals surface area contributed by atoms with Crippen molar-refractivity contribution in [2.45, 2.75) is 51.9 Å². The fraction of sp³-hybridized carbons (Fsp3) is 0.462. The van der Waals surface area contributed by atoms with Crippen molar-refractivity contribution in [3.05, 3.63) is 48.0 Å². The number of carbonyl (C=O) groups excluding carboxylic acids is 2. The zero-order valence-electron chi connectivity index (χ0n) is 18.8. The third-order valence-electron chi connectivity index (χ3n) is 6.18. The Hall–Kier alpha value is -3.02. The van der Waals surface area contributed by atoms with E-state index < -0.39 is 0 Å². The van der Waals surface area contributed by atoms with Gasteiger partial charge in [0, 0.05) is 18.2 Å². The topological polar surface area (TPSA) is 67.9 Å². The zero-order chi connectivity index (χ0) is 22.3. The molecule has 1 N–H and O–H groups in total. The van der Waals surface area contributed by atoms with E-state index in [0.717, 1.165) is 50.0 Å². The van der Waals surface area contributed by atoms with E-state index in [4.69, 9.17) is 9.47 Å². The fourth-order valence-corrected chi connectivity index (χ4v) is 4.40. The molecule has 0 bridgehead atoms. The van der Waals surface area contributed by atoms with E-state index in [1.165, 1.54) is 12.0 Å². The molecule has 1 fully saturated rings. The largest absolute Gasteiger partial charge is 0.494 e. The third-order valence-corrected chi connectivity index (χ3v) is 6.18. The van der Waals surface area contributed by atoms with Crippen LogP contribution in [0.15, 0.2) is 42.5 Å². The Balaban J connectivity index is 1.33. The van der Waals surface area contributed by atoms with Crippen LogP contribution >= 0.6 is 0 Å². The molecule has 32 heavy (non-hydrogen) atoms. The van der Waals surface area contributed by atoms with Crippen LogP contribution in [0, 0.1) is 12.8 Å². The molecule has 0 saturated heterocycles. The molecule has 170 valence electrons. The van der Waals surface area contributed by atoms with Gasteiger partial charge in [-0.15, -0.1) is 0 Å². The highest BCUT2D eigenvalue weighted by Gasteiger charge is 2.26. The van der Waals surface area contributed by atoms with Gasteiger partial charge in [0.2, 0.25) is 5.91 Å². The summed E-state index contributed by atoms with van der Waals surface area (Å²) < 4.78 is 11.4. The van der Waals surface area contributed by atoms with Gasteiger partial charge in [-0.25, -0.2) is 0 Å². The molecule has 2 aliphatic rings. The molecule has 6 heteroatoms. The van der Waals surface area contributed by atoms with Crippen LogP contribution in [-0.2, 0) is 9.59 Å². The molecule has 1 aliphatic carbocycles. The SMILES string of the molecule is Cc1cccc(OCCCCN2C(=O)COc3ccc(NC(=O)C4CCCCC4)cc32)c1. The van der Waals surface area contributed by atoms with Crippen molar-refractivity contribution in [3.63, 3.8) is 0 Å². The first-order valence-corrected chi connectivity index (χ1v) is 11.7. The number of carbonyl (C=O) groups is 2. The lowest BCUT2D eigenvalue weighted by atomic mass is 9.88. The van der Waals surface area contributed by atoms with Crippen LogP contribution < -0.4 is 19.7 Å². The van der Waals surface area contributed by atoms with Gasteiger partial charge in [-0.3, -0.25) is 9.59 Å². The van der Waals surface area contributed by atoms with Crippen molar-refractivity contribution in [3.8, 4) is 11.5 Å². The Morgan fingerprint density at radius 3 is 2.78 bits per heavy atom. The molecule has 4 rings (SSSR count). The first-order valence-electron chi connectivity index (χ1n) is 11.7. The number of ether oxygens (including phenoxy) is 2. The number of nitrogens with one attached hydrogen (secondary N) is 1. The van der Waals surface area contributed by atoms with Gasteiger partial charge in [0.1, 0.15) is 11.5 Å². The molecule has 1 aliphatic heterocycles. The van der Waals surface area contributed by atoms with E-state index in [1.807, 2.05) is 49.4 Å². The number of anilines is 2. The summed E-state index contributed by atoms with van der Waals surface area (Å²) >= 11 is 0. The third kappa shape index (κ3) is 5.61. The number of hydrogen-bond acceptors (Lipinski definition) is 4. The van der Waals surface area contributed by atoms with Gasteiger partial charge >= 0.3 is 0 Å². The predicted molar refractivity (Wildman–Crippen MR) is 125 cm³/mol. The normalized spacial score (nSPS) is 16.3. The summed E-state index contributed by atoms with van der Waals surface area (Å²) in [6.07, 6.45) is 7.01. The number of rotatable bonds is 8. The van der Waals surface area contributed by atoms with Crippen LogP contribution in [0.25, 0.3) is 0 Å². The molecular weight excluding hydrogens is 404 g/mol. The minimum atomic E-state index is -0.0622. The lowest BCUT2D eigenvalue weighted by Crippen LogP contribution is -2.39. The quantitative estimate of drug-likeness (QED) is 0.585. The Labute approximate surface area is 189 Å². The number of amides is 2. The summed E-state index contributed by atoms with van der Waals surface area (Å²) in [4.78, 5) is 26.9. The lowest BCUT2D eigenvalue weighted by molar-refractivity contribution is -0.121. The van der Waals surface area contributed by atoms with E-state index in [9.17, 15) is 9.59 Å². The molecule has 0 radical (unpaired) electrons. The Kier molecular flexibility index (Phi) is 7.30. The molecule has 0 aromatic heterocycles. The maximum atomic E-state index is 12.6. The molecule has 2 amide bonds. The van der Waals surface area contributed by atoms with Crippen molar-refractivity contribution in [1.82, 2.24) is 0 Å². The molecule has 0 unspecified atom stereocenters. The van der Waals surface area contributed by atoms with Crippen LogP contribution in [0.4, 0.5) is 11.4 Å². The van der Waals surface area contributed by atoms with Crippen LogP contribution in [0.2, 0.25) is 0 Å². The van der Waals surface area contributed by atoms with Gasteiger partial charge in [0.25, 0.3) is 5.91 Å². The number of hydrogen-bond donors (Lipinski definition) is 1. The number of aryl methyl sites for hydroxylation is 1. The summed E-state index contributed by atoms with van der Waals surface area (Å²) in [7, 11) is 0. The highest BCUT2D eigenvalue weighted by molar-refractivity contribution is 5.99. The van der Waals surface area contributed by atoms with Crippen LogP contribution in [0.5, 0.6) is 11.5 Å². The Morgan fingerprint density at radius 2 is 1.97 bits per heavy atom. The maximum Gasteiger partial charge on any atom is 0.265 e. The van der Waals surface area contributed by atoms with E-state index in [-0.39, 0.29) is 24.3 Å². The minimum absolute atomic E-state index is 0.0422. The van der Waals surface area contributed by atoms with Gasteiger partial charge in [-0.05, 0) is 68.5 Å². The van der Waals surface area contributed by atoms with Crippen molar-refractivity contribution < 1.29 is 19.1 Å². The van der Waals surface area contributed by atoms with Gasteiger partial charge in [-0.2, -0.15) is 0 Å². The standard InChI is InChI=1S/C26H32N2O4/c1-19-8-7-11-22(16-19)31-15-6-5-14-28-23-17-21(12-13-24(23)32-18-25(28)29)27-26(30)20-9-3-2-4-10-20/h7-8,11-13,16-17,20H,2-6,9-10,14-15,18H2,1H3,(H,27,30). The molecule has 0 spiro atoms. The van der Waals surface area contributed by atoms with E-state index in [0.29, 0.717) is 24.6 Å². The number of benzene rings is 2. The lowest BCUT2D eigenvalue weighted by Gasteiger charge is -2.30. The predicted octanol–water partition coefficient (Wildman–Crippen LogP) is 5.10. The van der Waals surface area contributed by atoms with E-state index in [2.05, 4.69) is 5.32 Å². The highest BCUT2D eigenvalue weighted by atomic mass is 16.5. The second-order valence-corrected chi connectivity index (χ2v) is 8.71. The summed E-state index contributed by atoms with van der Waals surface area (Å²) in [5.74, 6) is 1.65. The highest BCUT2D eigenvalue weighted by Crippen LogP contribution is 2.35. The number of fused-ring (bicyclic) bond motifs is 1. The second kappa shape index (κ2) is 10.5. The Morgan fingerprint density at radius 1 is 1.12 bits per heavy atom. The van der Waals surface area contributed by atoms with Crippen molar-refractivity contribution in [2.24, 2.45) is 5.92 Å². The second-order valence-electron chi connectivity index (χ2n) is 8.71. The average Bonchev–Trinajstić information content (AvgIpc) is 2.81. The molecule has 6 nitrogen and oxygen atoms in total. The van der Waals surface area contributed by atoms with Crippen molar-refractivity contribution in [1.29, 1.82) is 0 Å². The molecule has 2 aromatic carbocycles. The minimum Gasteiger partial charge on any atom is -0.494 e. The average molecular weight is 437 g/mol.